The predicted octanol–water partition coefficient (Wildman–Crippen LogP) is 2.54. The number of hydrogen-bond donors (Lipinski definition) is 2. The molecule has 0 aliphatic heterocycles. The molecule has 1 aliphatic carbocycles. The standard InChI is InChI=1S/C17H26N2O3S/c1-13(12-15-4-3-5-15)17(20)18-11-10-14-6-8-16(9-7-14)19-23(2,21)22/h6-9,13,15,19H,3-5,10-12H2,1-2H3,(H,18,20). The lowest BCUT2D eigenvalue weighted by Crippen LogP contribution is -2.32. The van der Waals surface area contributed by atoms with Gasteiger partial charge in [0.2, 0.25) is 15.9 Å². The highest BCUT2D eigenvalue weighted by atomic mass is 32.2. The van der Waals surface area contributed by atoms with E-state index in [1.165, 1.54) is 19.3 Å². The van der Waals surface area contributed by atoms with Crippen LogP contribution in [0.5, 0.6) is 0 Å². The maximum Gasteiger partial charge on any atom is 0.229 e. The molecule has 0 spiro atoms. The van der Waals surface area contributed by atoms with Crippen molar-refractivity contribution in [2.45, 2.75) is 39.0 Å². The van der Waals surface area contributed by atoms with E-state index in [0.29, 0.717) is 12.2 Å². The van der Waals surface area contributed by atoms with Gasteiger partial charge in [0.15, 0.2) is 0 Å². The van der Waals surface area contributed by atoms with Crippen molar-refractivity contribution in [1.29, 1.82) is 0 Å². The first kappa shape index (κ1) is 17.8. The van der Waals surface area contributed by atoms with Crippen LogP contribution >= 0.6 is 0 Å². The molecule has 0 bridgehead atoms. The fourth-order valence-corrected chi connectivity index (χ4v) is 3.36. The highest BCUT2D eigenvalue weighted by Crippen LogP contribution is 2.32. The summed E-state index contributed by atoms with van der Waals surface area (Å²) in [6, 6.07) is 7.21. The first-order valence-electron chi connectivity index (χ1n) is 8.18. The molecule has 23 heavy (non-hydrogen) atoms. The second kappa shape index (κ2) is 7.81. The number of nitrogens with one attached hydrogen (secondary N) is 2. The Hall–Kier alpha value is -1.56. The van der Waals surface area contributed by atoms with Gasteiger partial charge in [-0.25, -0.2) is 8.42 Å². The molecule has 6 heteroatoms. The average Bonchev–Trinajstić information content (AvgIpc) is 2.42. The highest BCUT2D eigenvalue weighted by Gasteiger charge is 2.23. The van der Waals surface area contributed by atoms with Crippen molar-refractivity contribution in [2.75, 3.05) is 17.5 Å². The molecular weight excluding hydrogens is 312 g/mol. The quantitative estimate of drug-likeness (QED) is 0.765. The van der Waals surface area contributed by atoms with Crippen molar-refractivity contribution < 1.29 is 13.2 Å². The lowest BCUT2D eigenvalue weighted by atomic mass is 9.79. The third-order valence-electron chi connectivity index (χ3n) is 4.33. The summed E-state index contributed by atoms with van der Waals surface area (Å²) in [5.74, 6) is 0.958. The maximum absolute atomic E-state index is 12.0. The topological polar surface area (TPSA) is 75.3 Å². The minimum absolute atomic E-state index is 0.0848. The van der Waals surface area contributed by atoms with Crippen molar-refractivity contribution in [3.8, 4) is 0 Å². The van der Waals surface area contributed by atoms with Crippen LogP contribution in [0.3, 0.4) is 0 Å². The SMILES string of the molecule is CC(CC1CCC1)C(=O)NCCc1ccc(NS(C)(=O)=O)cc1. The summed E-state index contributed by atoms with van der Waals surface area (Å²) < 4.78 is 24.7. The smallest absolute Gasteiger partial charge is 0.229 e. The van der Waals surface area contributed by atoms with Crippen LogP contribution < -0.4 is 10.0 Å². The monoisotopic (exact) mass is 338 g/mol. The van der Waals surface area contributed by atoms with Crippen LogP contribution in [0.15, 0.2) is 24.3 Å². The summed E-state index contributed by atoms with van der Waals surface area (Å²) in [4.78, 5) is 12.0. The molecule has 1 aliphatic rings. The third-order valence-corrected chi connectivity index (χ3v) is 4.94. The Labute approximate surface area is 138 Å². The molecule has 0 heterocycles. The Morgan fingerprint density at radius 3 is 2.43 bits per heavy atom. The molecule has 1 atom stereocenters. The Bertz CT molecular complexity index is 622. The van der Waals surface area contributed by atoms with Crippen molar-refractivity contribution in [1.82, 2.24) is 5.32 Å². The average molecular weight is 338 g/mol. The summed E-state index contributed by atoms with van der Waals surface area (Å²) in [5, 5.41) is 2.99. The number of rotatable bonds is 8. The first-order valence-corrected chi connectivity index (χ1v) is 10.1. The molecule has 0 saturated heterocycles. The van der Waals surface area contributed by atoms with Crippen LogP contribution in [0, 0.1) is 11.8 Å². The van der Waals surface area contributed by atoms with Gasteiger partial charge in [-0.15, -0.1) is 0 Å². The fraction of sp³-hybridized carbons (Fsp3) is 0.588. The van der Waals surface area contributed by atoms with Crippen LogP contribution in [-0.4, -0.2) is 27.1 Å². The summed E-state index contributed by atoms with van der Waals surface area (Å²) in [5.41, 5.74) is 1.62. The largest absolute Gasteiger partial charge is 0.356 e. The Morgan fingerprint density at radius 2 is 1.91 bits per heavy atom. The van der Waals surface area contributed by atoms with Gasteiger partial charge in [-0.2, -0.15) is 0 Å². The van der Waals surface area contributed by atoms with E-state index in [1.807, 2.05) is 19.1 Å². The van der Waals surface area contributed by atoms with Crippen molar-refractivity contribution in [3.63, 3.8) is 0 Å². The predicted molar refractivity (Wildman–Crippen MR) is 92.7 cm³/mol. The van der Waals surface area contributed by atoms with Crippen LogP contribution in [0.2, 0.25) is 0 Å². The number of carbonyl (C=O) groups excluding carboxylic acids is 1. The molecule has 1 amide bonds. The normalized spacial score (nSPS) is 16.4. The van der Waals surface area contributed by atoms with Gasteiger partial charge in [-0.1, -0.05) is 38.3 Å². The van der Waals surface area contributed by atoms with Gasteiger partial charge in [0.1, 0.15) is 0 Å². The van der Waals surface area contributed by atoms with Crippen LogP contribution in [0.4, 0.5) is 5.69 Å². The summed E-state index contributed by atoms with van der Waals surface area (Å²) >= 11 is 0. The molecule has 1 fully saturated rings. The van der Waals surface area contributed by atoms with Gasteiger partial charge in [-0.3, -0.25) is 9.52 Å². The Morgan fingerprint density at radius 1 is 1.26 bits per heavy atom. The zero-order valence-corrected chi connectivity index (χ0v) is 14.7. The second-order valence-electron chi connectivity index (χ2n) is 6.55. The van der Waals surface area contributed by atoms with E-state index in [2.05, 4.69) is 10.0 Å². The number of hydrogen-bond acceptors (Lipinski definition) is 3. The highest BCUT2D eigenvalue weighted by molar-refractivity contribution is 7.92. The Kier molecular flexibility index (Phi) is 6.04. The van der Waals surface area contributed by atoms with Crippen molar-refractivity contribution in [2.24, 2.45) is 11.8 Å². The molecule has 1 aromatic carbocycles. The molecule has 1 unspecified atom stereocenters. The molecule has 1 saturated carbocycles. The maximum atomic E-state index is 12.0. The minimum Gasteiger partial charge on any atom is -0.356 e. The van der Waals surface area contributed by atoms with Crippen molar-refractivity contribution in [3.05, 3.63) is 29.8 Å². The van der Waals surface area contributed by atoms with Crippen LogP contribution in [0.1, 0.15) is 38.2 Å². The van der Waals surface area contributed by atoms with E-state index in [-0.39, 0.29) is 11.8 Å². The van der Waals surface area contributed by atoms with Gasteiger partial charge >= 0.3 is 0 Å². The number of anilines is 1. The second-order valence-corrected chi connectivity index (χ2v) is 8.29. The Balaban J connectivity index is 1.71. The van der Waals surface area contributed by atoms with E-state index in [0.717, 1.165) is 30.6 Å². The third kappa shape index (κ3) is 6.22. The molecule has 2 N–H and O–H groups in total. The fourth-order valence-electron chi connectivity index (χ4n) is 2.79. The van der Waals surface area contributed by atoms with E-state index < -0.39 is 10.0 Å². The summed E-state index contributed by atoms with van der Waals surface area (Å²) in [7, 11) is -3.24. The number of amides is 1. The number of carbonyl (C=O) groups is 1. The molecule has 0 aromatic heterocycles. The first-order chi connectivity index (χ1) is 10.8. The molecule has 2 rings (SSSR count). The van der Waals surface area contributed by atoms with E-state index in [9.17, 15) is 13.2 Å². The molecule has 128 valence electrons. The van der Waals surface area contributed by atoms with Gasteiger partial charge in [-0.05, 0) is 36.5 Å². The zero-order chi connectivity index (χ0) is 16.9. The van der Waals surface area contributed by atoms with Gasteiger partial charge in [0, 0.05) is 18.2 Å². The van der Waals surface area contributed by atoms with Gasteiger partial charge in [0.05, 0.1) is 6.26 Å². The molecular formula is C17H26N2O3S. The lowest BCUT2D eigenvalue weighted by Gasteiger charge is -2.27. The van der Waals surface area contributed by atoms with E-state index in [4.69, 9.17) is 0 Å². The van der Waals surface area contributed by atoms with E-state index in [1.54, 1.807) is 12.1 Å². The molecule has 0 radical (unpaired) electrons. The van der Waals surface area contributed by atoms with Crippen LogP contribution in [-0.2, 0) is 21.2 Å². The number of benzene rings is 1. The van der Waals surface area contributed by atoms with Gasteiger partial charge in [0.25, 0.3) is 0 Å². The number of sulfonamides is 1. The van der Waals surface area contributed by atoms with E-state index >= 15 is 0 Å². The summed E-state index contributed by atoms with van der Waals surface area (Å²) in [6.07, 6.45) is 6.71. The van der Waals surface area contributed by atoms with Crippen molar-refractivity contribution >= 4 is 21.6 Å². The zero-order valence-electron chi connectivity index (χ0n) is 13.8. The van der Waals surface area contributed by atoms with Crippen LogP contribution in [0.25, 0.3) is 0 Å². The lowest BCUT2D eigenvalue weighted by molar-refractivity contribution is -0.125. The minimum atomic E-state index is -3.24. The summed E-state index contributed by atoms with van der Waals surface area (Å²) in [6.45, 7) is 2.60. The van der Waals surface area contributed by atoms with Gasteiger partial charge < -0.3 is 5.32 Å². The molecule has 5 nitrogen and oxygen atoms in total. The molecule has 1 aromatic rings.